The lowest BCUT2D eigenvalue weighted by Gasteiger charge is -2.44. The van der Waals surface area contributed by atoms with E-state index in [-0.39, 0.29) is 23.4 Å². The molecule has 6 atom stereocenters. The summed E-state index contributed by atoms with van der Waals surface area (Å²) in [5, 5.41) is 16.1. The Morgan fingerprint density at radius 2 is 1.43 bits per heavy atom. The van der Waals surface area contributed by atoms with Crippen molar-refractivity contribution in [2.75, 3.05) is 11.9 Å². The number of amides is 1. The molecule has 13 nitrogen and oxygen atoms in total. The Hall–Kier alpha value is -5.36. The first-order valence-corrected chi connectivity index (χ1v) is 24.0. The quantitative estimate of drug-likeness (QED) is 0.0577. The molecule has 1 amide bonds. The van der Waals surface area contributed by atoms with Gasteiger partial charge >= 0.3 is 8.25 Å². The Kier molecular flexibility index (Phi) is 12.9. The summed E-state index contributed by atoms with van der Waals surface area (Å²) in [6.45, 7) is 12.4. The van der Waals surface area contributed by atoms with Gasteiger partial charge in [-0.05, 0) is 53.9 Å². The average molecular weight is 844 g/mol. The molecule has 0 radical (unpaired) electrons. The van der Waals surface area contributed by atoms with Crippen molar-refractivity contribution >= 4 is 39.5 Å². The standard InChI is InChI=1S/C45H50N7O6PSi/c1-31(27-46)28-55-59(54)57-43-36(51-45(33-21-13-8-14-22-33,34-23-15-9-16-24-34)35-25-17-10-18-26-35)38(58-60(5,6)44(2,3)4)42(56-43)52-30-49-37-39(47-29-48-40(37)52)50-41(53)32-19-11-7-12-20-32/h7-26,29-31,36,38,42-43,51,59H,28H2,1-6H3,(H,47,48,50,53)/t31?,36-,38-,42-,43+/m1/s1. The molecule has 6 aromatic rings. The summed E-state index contributed by atoms with van der Waals surface area (Å²) in [4.78, 5) is 27.0. The summed E-state index contributed by atoms with van der Waals surface area (Å²) >= 11 is 0. The number of hydrogen-bond acceptors (Lipinski definition) is 11. The van der Waals surface area contributed by atoms with Crippen molar-refractivity contribution in [2.24, 2.45) is 5.92 Å². The van der Waals surface area contributed by atoms with Gasteiger partial charge in [0.2, 0.25) is 0 Å². The number of nitrogens with one attached hydrogen (secondary N) is 2. The fourth-order valence-corrected chi connectivity index (χ4v) is 9.22. The van der Waals surface area contributed by atoms with Crippen LogP contribution in [0.2, 0.25) is 18.1 Å². The molecule has 4 aromatic carbocycles. The third kappa shape index (κ3) is 8.89. The number of benzene rings is 4. The Bertz CT molecular complexity index is 2350. The number of ether oxygens (including phenoxy) is 1. The van der Waals surface area contributed by atoms with E-state index >= 15 is 0 Å². The smallest absolute Gasteiger partial charge is 0.321 e. The van der Waals surface area contributed by atoms with E-state index in [1.165, 1.54) is 6.33 Å². The molecule has 60 heavy (non-hydrogen) atoms. The molecule has 0 spiro atoms. The molecule has 2 aromatic heterocycles. The van der Waals surface area contributed by atoms with Crippen LogP contribution in [0.25, 0.3) is 11.2 Å². The molecule has 1 aliphatic rings. The van der Waals surface area contributed by atoms with E-state index in [4.69, 9.17) is 23.2 Å². The minimum absolute atomic E-state index is 0.0883. The zero-order valence-corrected chi connectivity index (χ0v) is 36.5. The highest BCUT2D eigenvalue weighted by Gasteiger charge is 2.55. The van der Waals surface area contributed by atoms with E-state index < -0.39 is 52.7 Å². The van der Waals surface area contributed by atoms with Crippen LogP contribution in [0.3, 0.4) is 0 Å². The number of carbonyl (C=O) groups excluding carboxylic acids is 1. The number of anilines is 1. The number of aromatic nitrogens is 4. The third-order valence-electron chi connectivity index (χ3n) is 11.2. The van der Waals surface area contributed by atoms with Gasteiger partial charge in [0.05, 0.1) is 36.5 Å². The summed E-state index contributed by atoms with van der Waals surface area (Å²) in [6.07, 6.45) is -0.0458. The number of carbonyl (C=O) groups is 1. The Balaban J connectivity index is 1.40. The molecule has 0 bridgehead atoms. The molecule has 0 saturated carbocycles. The number of nitrogens with zero attached hydrogens (tertiary/aromatic N) is 5. The maximum Gasteiger partial charge on any atom is 0.321 e. The second-order valence-corrected chi connectivity index (χ2v) is 22.1. The van der Waals surface area contributed by atoms with Crippen molar-refractivity contribution in [3.63, 3.8) is 0 Å². The van der Waals surface area contributed by atoms with Gasteiger partial charge in [0, 0.05) is 5.56 Å². The first-order valence-electron chi connectivity index (χ1n) is 19.9. The normalized spacial score (nSPS) is 19.4. The predicted octanol–water partition coefficient (Wildman–Crippen LogP) is 8.86. The van der Waals surface area contributed by atoms with Gasteiger partial charge in [-0.1, -0.05) is 130 Å². The predicted molar refractivity (Wildman–Crippen MR) is 233 cm³/mol. The summed E-state index contributed by atoms with van der Waals surface area (Å²) < 4.78 is 41.8. The largest absolute Gasteiger partial charge is 0.407 e. The minimum atomic E-state index is -3.24. The lowest BCUT2D eigenvalue weighted by atomic mass is 9.76. The lowest BCUT2D eigenvalue weighted by molar-refractivity contribution is -0.112. The Morgan fingerprint density at radius 1 is 0.883 bits per heavy atom. The van der Waals surface area contributed by atoms with Crippen LogP contribution in [0.4, 0.5) is 5.82 Å². The Labute approximate surface area is 352 Å². The average Bonchev–Trinajstić information content (AvgIpc) is 3.83. The SMILES string of the molecule is CC(C#N)CO[PH](=O)O[C@@H]1O[C@@H](n2cnc3c(NC(=O)c4ccccc4)ncnc32)[C@H](O[Si](C)(C)C(C)(C)C)[C@H]1NC(c1ccccc1)(c1ccccc1)c1ccccc1. The van der Waals surface area contributed by atoms with E-state index in [1.807, 2.05) is 60.7 Å². The first-order chi connectivity index (χ1) is 28.8. The molecule has 310 valence electrons. The van der Waals surface area contributed by atoms with E-state index in [1.54, 1.807) is 42.1 Å². The van der Waals surface area contributed by atoms with Gasteiger partial charge in [0.1, 0.15) is 12.4 Å². The summed E-state index contributed by atoms with van der Waals surface area (Å²) in [6, 6.07) is 40.5. The molecular weight excluding hydrogens is 794 g/mol. The number of rotatable bonds is 15. The monoisotopic (exact) mass is 843 g/mol. The molecule has 1 saturated heterocycles. The van der Waals surface area contributed by atoms with E-state index in [0.717, 1.165) is 16.7 Å². The molecule has 3 heterocycles. The van der Waals surface area contributed by atoms with Gasteiger partial charge in [-0.15, -0.1) is 0 Å². The molecular formula is C45H50N7O6PSi. The maximum absolute atomic E-state index is 13.8. The van der Waals surface area contributed by atoms with Crippen LogP contribution >= 0.6 is 8.25 Å². The number of nitriles is 1. The van der Waals surface area contributed by atoms with Crippen LogP contribution in [-0.4, -0.2) is 58.8 Å². The molecule has 1 fully saturated rings. The second kappa shape index (κ2) is 18.1. The molecule has 2 unspecified atom stereocenters. The summed E-state index contributed by atoms with van der Waals surface area (Å²) in [7, 11) is -5.90. The van der Waals surface area contributed by atoms with Crippen molar-refractivity contribution < 1.29 is 27.6 Å². The first kappa shape index (κ1) is 42.8. The molecule has 7 rings (SSSR count). The van der Waals surface area contributed by atoms with Crippen molar-refractivity contribution in [3.8, 4) is 6.07 Å². The molecule has 0 aliphatic carbocycles. The second-order valence-electron chi connectivity index (χ2n) is 16.3. The fourth-order valence-electron chi connectivity index (χ4n) is 7.08. The van der Waals surface area contributed by atoms with Crippen LogP contribution in [-0.2, 0) is 28.3 Å². The van der Waals surface area contributed by atoms with Crippen LogP contribution in [0.15, 0.2) is 134 Å². The van der Waals surface area contributed by atoms with Crippen LogP contribution in [0.5, 0.6) is 0 Å². The van der Waals surface area contributed by atoms with Gasteiger partial charge in [0.15, 0.2) is 37.8 Å². The zero-order chi connectivity index (χ0) is 42.5. The summed E-state index contributed by atoms with van der Waals surface area (Å²) in [5.74, 6) is -0.649. The van der Waals surface area contributed by atoms with Crippen LogP contribution < -0.4 is 10.6 Å². The molecule has 1 aliphatic heterocycles. The lowest BCUT2D eigenvalue weighted by Crippen LogP contribution is -2.59. The number of fused-ring (bicyclic) bond motifs is 1. The van der Waals surface area contributed by atoms with Gasteiger partial charge in [-0.2, -0.15) is 5.26 Å². The van der Waals surface area contributed by atoms with Gasteiger partial charge in [0.25, 0.3) is 5.91 Å². The van der Waals surface area contributed by atoms with Crippen molar-refractivity contribution in [2.45, 2.75) is 76.0 Å². The summed E-state index contributed by atoms with van der Waals surface area (Å²) in [5.41, 5.74) is 2.93. The number of hydrogen-bond donors (Lipinski definition) is 2. The minimum Gasteiger partial charge on any atom is -0.407 e. The third-order valence-corrected chi connectivity index (χ3v) is 16.5. The van der Waals surface area contributed by atoms with Crippen molar-refractivity contribution in [1.82, 2.24) is 24.8 Å². The number of imidazole rings is 1. The Morgan fingerprint density at radius 3 is 1.97 bits per heavy atom. The van der Waals surface area contributed by atoms with Gasteiger partial charge in [-0.25, -0.2) is 15.0 Å². The highest BCUT2D eigenvalue weighted by atomic mass is 31.1. The fraction of sp³-hybridized carbons (Fsp3) is 0.311. The van der Waals surface area contributed by atoms with E-state index in [9.17, 15) is 14.6 Å². The molecule has 2 N–H and O–H groups in total. The van der Waals surface area contributed by atoms with Crippen molar-refractivity contribution in [3.05, 3.63) is 156 Å². The van der Waals surface area contributed by atoms with Gasteiger partial charge in [-0.3, -0.25) is 23.8 Å². The van der Waals surface area contributed by atoms with Gasteiger partial charge < -0.3 is 19.0 Å². The topological polar surface area (TPSA) is 163 Å². The highest BCUT2D eigenvalue weighted by Crippen LogP contribution is 2.47. The highest BCUT2D eigenvalue weighted by molar-refractivity contribution is 7.33. The molecule has 15 heteroatoms. The zero-order valence-electron chi connectivity index (χ0n) is 34.5. The van der Waals surface area contributed by atoms with Crippen LogP contribution in [0.1, 0.15) is 61.0 Å². The van der Waals surface area contributed by atoms with Crippen LogP contribution in [0, 0.1) is 17.2 Å². The maximum atomic E-state index is 13.8. The van der Waals surface area contributed by atoms with E-state index in [2.05, 4.69) is 96.9 Å². The van der Waals surface area contributed by atoms with E-state index in [0.29, 0.717) is 16.7 Å². The van der Waals surface area contributed by atoms with Crippen molar-refractivity contribution in [1.29, 1.82) is 5.26 Å².